The summed E-state index contributed by atoms with van der Waals surface area (Å²) < 4.78 is 5.38. The summed E-state index contributed by atoms with van der Waals surface area (Å²) in [6.45, 7) is 2.15. The molecule has 0 radical (unpaired) electrons. The molecule has 1 atom stereocenters. The molecule has 18 heavy (non-hydrogen) atoms. The third-order valence-electron chi connectivity index (χ3n) is 3.25. The maximum Gasteiger partial charge on any atom is 0.123 e. The van der Waals surface area contributed by atoms with Crippen LogP contribution in [0.1, 0.15) is 29.7 Å². The zero-order valence-electron chi connectivity index (χ0n) is 10.9. The quantitative estimate of drug-likeness (QED) is 0.891. The molecule has 0 saturated heterocycles. The van der Waals surface area contributed by atoms with Gasteiger partial charge in [0.05, 0.1) is 13.2 Å². The summed E-state index contributed by atoms with van der Waals surface area (Å²) in [6, 6.07) is 16.1. The normalized spacial score (nSPS) is 12.2. The maximum atomic E-state index is 6.39. The van der Waals surface area contributed by atoms with Crippen molar-refractivity contribution in [1.82, 2.24) is 0 Å². The van der Waals surface area contributed by atoms with Gasteiger partial charge in [0.25, 0.3) is 0 Å². The minimum atomic E-state index is -0.141. The summed E-state index contributed by atoms with van der Waals surface area (Å²) >= 11 is 0. The van der Waals surface area contributed by atoms with E-state index in [9.17, 15) is 0 Å². The van der Waals surface area contributed by atoms with E-state index in [4.69, 9.17) is 10.5 Å². The standard InChI is InChI=1S/C16H19NO/c1-3-12-8-4-5-9-13(12)16(17)14-10-6-7-11-15(14)18-2/h4-11,16H,3,17H2,1-2H3. The van der Waals surface area contributed by atoms with Crippen LogP contribution in [0.2, 0.25) is 0 Å². The number of ether oxygens (including phenoxy) is 1. The van der Waals surface area contributed by atoms with E-state index in [2.05, 4.69) is 25.1 Å². The Balaban J connectivity index is 2.44. The highest BCUT2D eigenvalue weighted by Gasteiger charge is 2.15. The van der Waals surface area contributed by atoms with E-state index in [0.717, 1.165) is 17.7 Å². The smallest absolute Gasteiger partial charge is 0.123 e. The summed E-state index contributed by atoms with van der Waals surface area (Å²) in [5, 5.41) is 0. The molecular formula is C16H19NO. The van der Waals surface area contributed by atoms with Crippen LogP contribution in [0.5, 0.6) is 5.75 Å². The Morgan fingerprint density at radius 3 is 2.28 bits per heavy atom. The van der Waals surface area contributed by atoms with Gasteiger partial charge >= 0.3 is 0 Å². The molecule has 0 aliphatic carbocycles. The zero-order valence-corrected chi connectivity index (χ0v) is 10.9. The lowest BCUT2D eigenvalue weighted by Gasteiger charge is -2.18. The van der Waals surface area contributed by atoms with Gasteiger partial charge in [0.2, 0.25) is 0 Å². The van der Waals surface area contributed by atoms with E-state index in [1.54, 1.807) is 7.11 Å². The largest absolute Gasteiger partial charge is 0.496 e. The molecule has 2 heteroatoms. The average molecular weight is 241 g/mol. The number of rotatable bonds is 4. The molecule has 0 heterocycles. The first-order valence-corrected chi connectivity index (χ1v) is 6.24. The maximum absolute atomic E-state index is 6.39. The molecule has 0 bridgehead atoms. The van der Waals surface area contributed by atoms with Crippen molar-refractivity contribution < 1.29 is 4.74 Å². The number of methoxy groups -OCH3 is 1. The lowest BCUT2D eigenvalue weighted by molar-refractivity contribution is 0.408. The Morgan fingerprint density at radius 1 is 1.00 bits per heavy atom. The molecule has 1 unspecified atom stereocenters. The van der Waals surface area contributed by atoms with Crippen LogP contribution in [-0.4, -0.2) is 7.11 Å². The second-order valence-corrected chi connectivity index (χ2v) is 4.27. The Morgan fingerprint density at radius 2 is 1.61 bits per heavy atom. The first kappa shape index (κ1) is 12.7. The summed E-state index contributed by atoms with van der Waals surface area (Å²) in [5.41, 5.74) is 9.88. The molecule has 0 fully saturated rings. The summed E-state index contributed by atoms with van der Waals surface area (Å²) in [4.78, 5) is 0. The number of benzene rings is 2. The highest BCUT2D eigenvalue weighted by atomic mass is 16.5. The monoisotopic (exact) mass is 241 g/mol. The van der Waals surface area contributed by atoms with Crippen LogP contribution >= 0.6 is 0 Å². The van der Waals surface area contributed by atoms with Gasteiger partial charge in [-0.15, -0.1) is 0 Å². The van der Waals surface area contributed by atoms with E-state index in [1.165, 1.54) is 11.1 Å². The van der Waals surface area contributed by atoms with E-state index in [-0.39, 0.29) is 6.04 Å². The van der Waals surface area contributed by atoms with E-state index in [0.29, 0.717) is 0 Å². The minimum Gasteiger partial charge on any atom is -0.496 e. The lowest BCUT2D eigenvalue weighted by atomic mass is 9.93. The van der Waals surface area contributed by atoms with Crippen molar-refractivity contribution in [3.63, 3.8) is 0 Å². The van der Waals surface area contributed by atoms with Gasteiger partial charge in [-0.25, -0.2) is 0 Å². The molecule has 2 N–H and O–H groups in total. The van der Waals surface area contributed by atoms with Crippen molar-refractivity contribution in [2.24, 2.45) is 5.73 Å². The van der Waals surface area contributed by atoms with Crippen molar-refractivity contribution in [3.05, 3.63) is 65.2 Å². The van der Waals surface area contributed by atoms with Crippen molar-refractivity contribution in [3.8, 4) is 5.75 Å². The van der Waals surface area contributed by atoms with Crippen molar-refractivity contribution >= 4 is 0 Å². The van der Waals surface area contributed by atoms with Gasteiger partial charge in [-0.05, 0) is 23.6 Å². The Kier molecular flexibility index (Phi) is 4.00. The Labute approximate surface area is 108 Å². The molecule has 0 aliphatic rings. The predicted molar refractivity (Wildman–Crippen MR) is 74.8 cm³/mol. The molecule has 94 valence electrons. The summed E-state index contributed by atoms with van der Waals surface area (Å²) in [5.74, 6) is 0.843. The molecule has 2 aromatic carbocycles. The minimum absolute atomic E-state index is 0.141. The fourth-order valence-electron chi connectivity index (χ4n) is 2.25. The molecule has 0 aliphatic heterocycles. The molecule has 2 rings (SSSR count). The van der Waals surface area contributed by atoms with Crippen LogP contribution in [0.25, 0.3) is 0 Å². The van der Waals surface area contributed by atoms with Crippen molar-refractivity contribution in [2.75, 3.05) is 7.11 Å². The fourth-order valence-corrected chi connectivity index (χ4v) is 2.25. The average Bonchev–Trinajstić information content (AvgIpc) is 2.46. The molecule has 0 saturated carbocycles. The number of nitrogens with two attached hydrogens (primary N) is 1. The van der Waals surface area contributed by atoms with Crippen LogP contribution < -0.4 is 10.5 Å². The second-order valence-electron chi connectivity index (χ2n) is 4.27. The number of aryl methyl sites for hydroxylation is 1. The predicted octanol–water partition coefficient (Wildman–Crippen LogP) is 3.31. The van der Waals surface area contributed by atoms with Crippen LogP contribution in [0.4, 0.5) is 0 Å². The lowest BCUT2D eigenvalue weighted by Crippen LogP contribution is -2.14. The zero-order chi connectivity index (χ0) is 13.0. The third-order valence-corrected chi connectivity index (χ3v) is 3.25. The topological polar surface area (TPSA) is 35.2 Å². The number of hydrogen-bond acceptors (Lipinski definition) is 2. The van der Waals surface area contributed by atoms with Crippen LogP contribution in [0.15, 0.2) is 48.5 Å². The molecule has 0 spiro atoms. The number of hydrogen-bond donors (Lipinski definition) is 1. The van der Waals surface area contributed by atoms with Gasteiger partial charge in [0.15, 0.2) is 0 Å². The SMILES string of the molecule is CCc1ccccc1C(N)c1ccccc1OC. The first-order valence-electron chi connectivity index (χ1n) is 6.24. The number of para-hydroxylation sites is 1. The molecule has 0 amide bonds. The fraction of sp³-hybridized carbons (Fsp3) is 0.250. The van der Waals surface area contributed by atoms with Crippen molar-refractivity contribution in [1.29, 1.82) is 0 Å². The van der Waals surface area contributed by atoms with Crippen LogP contribution in [-0.2, 0) is 6.42 Å². The van der Waals surface area contributed by atoms with Gasteiger partial charge < -0.3 is 10.5 Å². The van der Waals surface area contributed by atoms with Gasteiger partial charge in [-0.2, -0.15) is 0 Å². The molecule has 0 aromatic heterocycles. The summed E-state index contributed by atoms with van der Waals surface area (Å²) in [6.07, 6.45) is 0.985. The van der Waals surface area contributed by atoms with E-state index in [1.807, 2.05) is 30.3 Å². The third kappa shape index (κ3) is 2.39. The first-order chi connectivity index (χ1) is 8.77. The van der Waals surface area contributed by atoms with Crippen LogP contribution in [0.3, 0.4) is 0 Å². The molecular weight excluding hydrogens is 222 g/mol. The van der Waals surface area contributed by atoms with Gasteiger partial charge in [-0.3, -0.25) is 0 Å². The van der Waals surface area contributed by atoms with Gasteiger partial charge in [0, 0.05) is 5.56 Å². The Hall–Kier alpha value is -1.80. The summed E-state index contributed by atoms with van der Waals surface area (Å²) in [7, 11) is 1.68. The van der Waals surface area contributed by atoms with E-state index >= 15 is 0 Å². The highest BCUT2D eigenvalue weighted by molar-refractivity contribution is 5.43. The highest BCUT2D eigenvalue weighted by Crippen LogP contribution is 2.29. The van der Waals surface area contributed by atoms with Crippen LogP contribution in [0, 0.1) is 0 Å². The van der Waals surface area contributed by atoms with E-state index < -0.39 is 0 Å². The van der Waals surface area contributed by atoms with Gasteiger partial charge in [-0.1, -0.05) is 49.4 Å². The molecule has 2 nitrogen and oxygen atoms in total. The Bertz CT molecular complexity index is 475. The van der Waals surface area contributed by atoms with Gasteiger partial charge in [0.1, 0.15) is 5.75 Å². The second kappa shape index (κ2) is 5.69. The molecule has 2 aromatic rings. The van der Waals surface area contributed by atoms with Crippen molar-refractivity contribution in [2.45, 2.75) is 19.4 Å².